The number of amides is 3. The van der Waals surface area contributed by atoms with Gasteiger partial charge in [0, 0.05) is 55.9 Å². The summed E-state index contributed by atoms with van der Waals surface area (Å²) in [6, 6.07) is 17.7. The molecule has 2 aromatic rings. The van der Waals surface area contributed by atoms with Crippen LogP contribution in [-0.2, 0) is 9.53 Å². The normalized spacial score (nSPS) is 23.4. The monoisotopic (exact) mass is 658 g/mol. The summed E-state index contributed by atoms with van der Waals surface area (Å²) < 4.78 is 6.36. The van der Waals surface area contributed by atoms with E-state index in [1.54, 1.807) is 29.2 Å². The fourth-order valence-electron chi connectivity index (χ4n) is 7.26. The minimum absolute atomic E-state index is 0.0129. The Hall–Kier alpha value is -3.23. The number of nitrogens with one attached hydrogen (secondary N) is 2. The number of unbranched alkanes of at least 4 members (excludes halogenated alkanes) is 8. The van der Waals surface area contributed by atoms with Crippen LogP contribution in [0.1, 0.15) is 123 Å². The molecule has 48 heavy (non-hydrogen) atoms. The molecule has 3 fully saturated rings. The molecule has 0 spiro atoms. The van der Waals surface area contributed by atoms with Crippen molar-refractivity contribution in [3.05, 3.63) is 71.3 Å². The average Bonchev–Trinajstić information content (AvgIpc) is 3.49. The van der Waals surface area contributed by atoms with E-state index < -0.39 is 0 Å². The molecular formula is C40H58N4O4. The molecule has 5 rings (SSSR count). The van der Waals surface area contributed by atoms with E-state index in [1.807, 2.05) is 23.1 Å². The molecule has 2 saturated heterocycles. The van der Waals surface area contributed by atoms with E-state index in [2.05, 4.69) is 36.6 Å². The number of hydrogen-bond acceptors (Lipinski definition) is 5. The minimum atomic E-state index is -0.189. The minimum Gasteiger partial charge on any atom is -0.375 e. The summed E-state index contributed by atoms with van der Waals surface area (Å²) in [5.41, 5.74) is 2.40. The number of benzene rings is 2. The second-order valence-corrected chi connectivity index (χ2v) is 14.2. The fraction of sp³-hybridized carbons (Fsp3) is 0.625. The van der Waals surface area contributed by atoms with Crippen molar-refractivity contribution in [2.24, 2.45) is 5.92 Å². The van der Waals surface area contributed by atoms with Crippen molar-refractivity contribution in [1.29, 1.82) is 0 Å². The van der Waals surface area contributed by atoms with Crippen LogP contribution in [0, 0.1) is 5.92 Å². The maximum absolute atomic E-state index is 13.6. The topological polar surface area (TPSA) is 91.0 Å². The van der Waals surface area contributed by atoms with Crippen LogP contribution in [0.5, 0.6) is 0 Å². The van der Waals surface area contributed by atoms with E-state index in [1.165, 1.54) is 56.9 Å². The van der Waals surface area contributed by atoms with E-state index in [4.69, 9.17) is 4.74 Å². The van der Waals surface area contributed by atoms with Crippen LogP contribution in [0.2, 0.25) is 0 Å². The molecule has 3 amide bonds. The third-order valence-corrected chi connectivity index (χ3v) is 10.4. The molecule has 1 aliphatic carbocycles. The van der Waals surface area contributed by atoms with E-state index in [0.29, 0.717) is 49.6 Å². The van der Waals surface area contributed by atoms with Gasteiger partial charge in [0.1, 0.15) is 0 Å². The van der Waals surface area contributed by atoms with Gasteiger partial charge in [0.25, 0.3) is 11.8 Å². The molecule has 2 aromatic carbocycles. The Balaban J connectivity index is 1.09. The summed E-state index contributed by atoms with van der Waals surface area (Å²) in [4.78, 5) is 43.6. The van der Waals surface area contributed by atoms with Gasteiger partial charge in [0.05, 0.1) is 18.1 Å². The van der Waals surface area contributed by atoms with Crippen LogP contribution in [0.15, 0.2) is 54.6 Å². The van der Waals surface area contributed by atoms with Crippen molar-refractivity contribution in [1.82, 2.24) is 20.4 Å². The van der Waals surface area contributed by atoms with Gasteiger partial charge in [0.15, 0.2) is 0 Å². The molecular weight excluding hydrogens is 600 g/mol. The van der Waals surface area contributed by atoms with Crippen LogP contribution in [0.4, 0.5) is 0 Å². The Kier molecular flexibility index (Phi) is 13.9. The largest absolute Gasteiger partial charge is 0.375 e. The van der Waals surface area contributed by atoms with Gasteiger partial charge in [-0.1, -0.05) is 95.5 Å². The first-order chi connectivity index (χ1) is 23.5. The van der Waals surface area contributed by atoms with Gasteiger partial charge in [-0.25, -0.2) is 0 Å². The Morgan fingerprint density at radius 2 is 1.38 bits per heavy atom. The van der Waals surface area contributed by atoms with Crippen LogP contribution >= 0.6 is 0 Å². The molecule has 0 aromatic heterocycles. The summed E-state index contributed by atoms with van der Waals surface area (Å²) in [5, 5.41) is 6.91. The van der Waals surface area contributed by atoms with Crippen LogP contribution in [0.25, 0.3) is 0 Å². The highest BCUT2D eigenvalue weighted by atomic mass is 16.5. The molecule has 2 N–H and O–H groups in total. The highest BCUT2D eigenvalue weighted by Crippen LogP contribution is 2.41. The molecule has 2 aliphatic heterocycles. The Morgan fingerprint density at radius 1 is 0.729 bits per heavy atom. The van der Waals surface area contributed by atoms with Crippen molar-refractivity contribution in [3.8, 4) is 0 Å². The second-order valence-electron chi connectivity index (χ2n) is 14.2. The maximum Gasteiger partial charge on any atom is 0.253 e. The summed E-state index contributed by atoms with van der Waals surface area (Å²) in [5.74, 6) is 0.131. The summed E-state index contributed by atoms with van der Waals surface area (Å²) in [7, 11) is 0. The van der Waals surface area contributed by atoms with Crippen LogP contribution in [0.3, 0.4) is 0 Å². The molecule has 2 heterocycles. The maximum atomic E-state index is 13.6. The molecule has 0 radical (unpaired) electrons. The Bertz CT molecular complexity index is 1280. The summed E-state index contributed by atoms with van der Waals surface area (Å²) >= 11 is 0. The molecule has 5 atom stereocenters. The van der Waals surface area contributed by atoms with Crippen molar-refractivity contribution < 1.29 is 19.1 Å². The average molecular weight is 659 g/mol. The second kappa shape index (κ2) is 18.5. The van der Waals surface area contributed by atoms with Crippen molar-refractivity contribution in [3.63, 3.8) is 0 Å². The molecule has 3 aliphatic rings. The molecule has 1 saturated carbocycles. The Labute approximate surface area is 288 Å². The molecule has 8 nitrogen and oxygen atoms in total. The number of hydrogen-bond donors (Lipinski definition) is 2. The third-order valence-electron chi connectivity index (χ3n) is 10.4. The van der Waals surface area contributed by atoms with Gasteiger partial charge < -0.3 is 25.2 Å². The number of ether oxygens (including phenoxy) is 1. The lowest BCUT2D eigenvalue weighted by Gasteiger charge is -2.20. The van der Waals surface area contributed by atoms with Gasteiger partial charge in [-0.05, 0) is 62.1 Å². The van der Waals surface area contributed by atoms with Gasteiger partial charge in [0.2, 0.25) is 5.91 Å². The van der Waals surface area contributed by atoms with Gasteiger partial charge in [-0.3, -0.25) is 14.4 Å². The lowest BCUT2D eigenvalue weighted by molar-refractivity contribution is -0.124. The lowest BCUT2D eigenvalue weighted by atomic mass is 10.1. The zero-order valence-corrected chi connectivity index (χ0v) is 29.3. The lowest BCUT2D eigenvalue weighted by Crippen LogP contribution is -2.41. The quantitative estimate of drug-likeness (QED) is 0.167. The summed E-state index contributed by atoms with van der Waals surface area (Å²) in [6.07, 6.45) is 13.8. The molecule has 0 bridgehead atoms. The number of carbonyl (C=O) groups excluding carboxylic acids is 3. The first-order valence-corrected chi connectivity index (χ1v) is 18.9. The number of rotatable bonds is 19. The SMILES string of the molecule is CCCCCCCN[C@H]1CN(C(=O)c2ccc(C(=O)N3CC[C@H](C(=O)N[C@H]4C[C@@H]4c4ccccc4)C3)cc2)C[C@@H]1OCCCCCCC. The smallest absolute Gasteiger partial charge is 0.253 e. The van der Waals surface area contributed by atoms with E-state index in [-0.39, 0.29) is 41.8 Å². The van der Waals surface area contributed by atoms with Crippen molar-refractivity contribution in [2.75, 3.05) is 39.3 Å². The zero-order chi connectivity index (χ0) is 33.7. The molecule has 0 unspecified atom stereocenters. The van der Waals surface area contributed by atoms with Crippen LogP contribution < -0.4 is 10.6 Å². The van der Waals surface area contributed by atoms with Crippen molar-refractivity contribution in [2.45, 2.75) is 115 Å². The van der Waals surface area contributed by atoms with Crippen LogP contribution in [-0.4, -0.2) is 85.0 Å². The number of carbonyl (C=O) groups is 3. The highest BCUT2D eigenvalue weighted by Gasteiger charge is 2.42. The predicted molar refractivity (Wildman–Crippen MR) is 191 cm³/mol. The zero-order valence-electron chi connectivity index (χ0n) is 29.3. The van der Waals surface area contributed by atoms with E-state index in [9.17, 15) is 14.4 Å². The summed E-state index contributed by atoms with van der Waals surface area (Å²) in [6.45, 7) is 8.32. The first kappa shape index (κ1) is 36.1. The standard InChI is InChI=1S/C40H58N4O4/c1-3-5-7-9-14-23-41-36-28-44(29-37(36)48-25-15-10-8-6-4-2)40(47)32-20-18-31(19-21-32)39(46)43-24-22-33(27-43)38(45)42-35-26-34(35)30-16-12-11-13-17-30/h11-13,16-21,33-37,41H,3-10,14-15,22-29H2,1-2H3,(H,42,45)/t33-,34+,35-,36-,37-/m0/s1. The Morgan fingerprint density at radius 3 is 2.06 bits per heavy atom. The van der Waals surface area contributed by atoms with Gasteiger partial charge in [-0.15, -0.1) is 0 Å². The molecule has 262 valence electrons. The number of likely N-dealkylation sites (tertiary alicyclic amines) is 2. The van der Waals surface area contributed by atoms with E-state index >= 15 is 0 Å². The number of nitrogens with zero attached hydrogens (tertiary/aromatic N) is 2. The van der Waals surface area contributed by atoms with E-state index in [0.717, 1.165) is 32.4 Å². The fourth-order valence-corrected chi connectivity index (χ4v) is 7.26. The van der Waals surface area contributed by atoms with Crippen molar-refractivity contribution >= 4 is 17.7 Å². The predicted octanol–water partition coefficient (Wildman–Crippen LogP) is 6.56. The molecule has 8 heteroatoms. The third kappa shape index (κ3) is 10.1. The first-order valence-electron chi connectivity index (χ1n) is 18.9. The van der Waals surface area contributed by atoms with Gasteiger partial charge in [-0.2, -0.15) is 0 Å². The highest BCUT2D eigenvalue weighted by molar-refractivity contribution is 5.98. The van der Waals surface area contributed by atoms with Gasteiger partial charge >= 0.3 is 0 Å².